The maximum absolute atomic E-state index is 13.7. The molecule has 3 rings (SSSR count). The fourth-order valence-electron chi connectivity index (χ4n) is 2.18. The van der Waals surface area contributed by atoms with Crippen LogP contribution in [-0.2, 0) is 0 Å². The fraction of sp³-hybridized carbons (Fsp3) is 0.125. The number of aromatic nitrogens is 2. The van der Waals surface area contributed by atoms with Crippen LogP contribution in [-0.4, -0.2) is 9.97 Å². The summed E-state index contributed by atoms with van der Waals surface area (Å²) < 4.78 is 13.7. The highest BCUT2D eigenvalue weighted by molar-refractivity contribution is 6.34. The zero-order chi connectivity index (χ0) is 14.3. The Morgan fingerprint density at radius 1 is 1.05 bits per heavy atom. The molecule has 0 N–H and O–H groups in total. The van der Waals surface area contributed by atoms with Gasteiger partial charge >= 0.3 is 0 Å². The van der Waals surface area contributed by atoms with Gasteiger partial charge in [0.2, 0.25) is 0 Å². The Kier molecular flexibility index (Phi) is 3.14. The molecule has 0 radical (unpaired) electrons. The largest absolute Gasteiger partial charge is 0.228 e. The minimum atomic E-state index is -0.289. The van der Waals surface area contributed by atoms with E-state index in [4.69, 9.17) is 11.6 Å². The molecule has 20 heavy (non-hydrogen) atoms. The molecule has 4 heteroatoms. The van der Waals surface area contributed by atoms with E-state index in [0.717, 1.165) is 11.1 Å². The Morgan fingerprint density at radius 3 is 2.60 bits per heavy atom. The molecule has 100 valence electrons. The van der Waals surface area contributed by atoms with Crippen LogP contribution in [0, 0.1) is 19.7 Å². The second-order valence-corrected chi connectivity index (χ2v) is 5.13. The lowest BCUT2D eigenvalue weighted by atomic mass is 10.1. The molecule has 2 nitrogen and oxygen atoms in total. The van der Waals surface area contributed by atoms with Crippen molar-refractivity contribution in [1.82, 2.24) is 9.97 Å². The van der Waals surface area contributed by atoms with E-state index in [9.17, 15) is 4.39 Å². The SMILES string of the molecule is Cc1cccc(-c2nc(Cl)c3ccc(F)c(C)c3n2)c1. The van der Waals surface area contributed by atoms with E-state index in [-0.39, 0.29) is 5.82 Å². The van der Waals surface area contributed by atoms with Gasteiger partial charge in [-0.05, 0) is 32.0 Å². The van der Waals surface area contributed by atoms with Crippen LogP contribution >= 0.6 is 11.6 Å². The highest BCUT2D eigenvalue weighted by atomic mass is 35.5. The van der Waals surface area contributed by atoms with Crippen molar-refractivity contribution in [3.05, 3.63) is 58.5 Å². The highest BCUT2D eigenvalue weighted by Crippen LogP contribution is 2.28. The maximum atomic E-state index is 13.7. The van der Waals surface area contributed by atoms with Crippen LogP contribution in [0.2, 0.25) is 5.15 Å². The number of hydrogen-bond acceptors (Lipinski definition) is 2. The van der Waals surface area contributed by atoms with E-state index in [1.165, 1.54) is 6.07 Å². The minimum Gasteiger partial charge on any atom is -0.228 e. The molecule has 1 heterocycles. The van der Waals surface area contributed by atoms with Crippen LogP contribution in [0.5, 0.6) is 0 Å². The van der Waals surface area contributed by atoms with Gasteiger partial charge in [0.05, 0.1) is 5.52 Å². The molecule has 0 aliphatic carbocycles. The first kappa shape index (κ1) is 13.0. The summed E-state index contributed by atoms with van der Waals surface area (Å²) in [6, 6.07) is 10.8. The Balaban J connectivity index is 2.31. The van der Waals surface area contributed by atoms with Crippen LogP contribution in [0.4, 0.5) is 4.39 Å². The van der Waals surface area contributed by atoms with Crippen molar-refractivity contribution in [2.24, 2.45) is 0 Å². The Hall–Kier alpha value is -2.00. The lowest BCUT2D eigenvalue weighted by Gasteiger charge is -2.08. The van der Waals surface area contributed by atoms with Crippen molar-refractivity contribution in [3.8, 4) is 11.4 Å². The van der Waals surface area contributed by atoms with Gasteiger partial charge < -0.3 is 0 Å². The second-order valence-electron chi connectivity index (χ2n) is 4.78. The van der Waals surface area contributed by atoms with Crippen molar-refractivity contribution in [2.45, 2.75) is 13.8 Å². The molecule has 1 aromatic heterocycles. The van der Waals surface area contributed by atoms with Crippen molar-refractivity contribution in [1.29, 1.82) is 0 Å². The molecule has 0 atom stereocenters. The first-order valence-electron chi connectivity index (χ1n) is 6.25. The molecule has 0 saturated heterocycles. The predicted octanol–water partition coefficient (Wildman–Crippen LogP) is 4.71. The summed E-state index contributed by atoms with van der Waals surface area (Å²) in [4.78, 5) is 8.79. The van der Waals surface area contributed by atoms with Crippen molar-refractivity contribution in [3.63, 3.8) is 0 Å². The van der Waals surface area contributed by atoms with Gasteiger partial charge in [-0.2, -0.15) is 0 Å². The van der Waals surface area contributed by atoms with E-state index in [1.54, 1.807) is 13.0 Å². The quantitative estimate of drug-likeness (QED) is 0.606. The van der Waals surface area contributed by atoms with Gasteiger partial charge in [-0.25, -0.2) is 14.4 Å². The zero-order valence-electron chi connectivity index (χ0n) is 11.1. The average molecular weight is 287 g/mol. The molecule has 0 unspecified atom stereocenters. The molecule has 0 fully saturated rings. The van der Waals surface area contributed by atoms with Gasteiger partial charge in [-0.3, -0.25) is 0 Å². The second kappa shape index (κ2) is 4.84. The average Bonchev–Trinajstić information content (AvgIpc) is 2.43. The minimum absolute atomic E-state index is 0.289. The van der Waals surface area contributed by atoms with Crippen LogP contribution < -0.4 is 0 Å². The van der Waals surface area contributed by atoms with E-state index >= 15 is 0 Å². The summed E-state index contributed by atoms with van der Waals surface area (Å²) in [5, 5.41) is 1.01. The summed E-state index contributed by atoms with van der Waals surface area (Å²) in [6.07, 6.45) is 0. The summed E-state index contributed by atoms with van der Waals surface area (Å²) in [5.74, 6) is 0.224. The molecule has 2 aromatic carbocycles. The number of benzene rings is 2. The lowest BCUT2D eigenvalue weighted by Crippen LogP contribution is -1.95. The van der Waals surface area contributed by atoms with Crippen LogP contribution in [0.3, 0.4) is 0 Å². The highest BCUT2D eigenvalue weighted by Gasteiger charge is 2.12. The van der Waals surface area contributed by atoms with Gasteiger partial charge in [0.25, 0.3) is 0 Å². The molecule has 0 amide bonds. The molecule has 0 aliphatic rings. The maximum Gasteiger partial charge on any atom is 0.161 e. The number of nitrogens with zero attached hydrogens (tertiary/aromatic N) is 2. The van der Waals surface area contributed by atoms with E-state index in [2.05, 4.69) is 9.97 Å². The Labute approximate surface area is 121 Å². The monoisotopic (exact) mass is 286 g/mol. The fourth-order valence-corrected chi connectivity index (χ4v) is 2.42. The van der Waals surface area contributed by atoms with Crippen LogP contribution in [0.1, 0.15) is 11.1 Å². The van der Waals surface area contributed by atoms with Crippen molar-refractivity contribution >= 4 is 22.5 Å². The van der Waals surface area contributed by atoms with Gasteiger partial charge in [-0.15, -0.1) is 0 Å². The standard InChI is InChI=1S/C16H12ClFN2/c1-9-4-3-5-11(8-9)16-19-14-10(2)13(18)7-6-12(14)15(17)20-16/h3-8H,1-2H3. The number of aryl methyl sites for hydroxylation is 2. The molecule has 0 bridgehead atoms. The molecule has 0 aliphatic heterocycles. The number of hydrogen-bond donors (Lipinski definition) is 0. The molecule has 0 saturated carbocycles. The van der Waals surface area contributed by atoms with Crippen molar-refractivity contribution in [2.75, 3.05) is 0 Å². The third-order valence-electron chi connectivity index (χ3n) is 3.29. The van der Waals surface area contributed by atoms with Gasteiger partial charge in [-0.1, -0.05) is 35.4 Å². The smallest absolute Gasteiger partial charge is 0.161 e. The van der Waals surface area contributed by atoms with Gasteiger partial charge in [0.1, 0.15) is 11.0 Å². The lowest BCUT2D eigenvalue weighted by molar-refractivity contribution is 0.620. The third-order valence-corrected chi connectivity index (χ3v) is 3.57. The molecule has 3 aromatic rings. The normalized spacial score (nSPS) is 11.0. The van der Waals surface area contributed by atoms with E-state index < -0.39 is 0 Å². The van der Waals surface area contributed by atoms with Crippen LogP contribution in [0.15, 0.2) is 36.4 Å². The molecule has 0 spiro atoms. The molecular weight excluding hydrogens is 275 g/mol. The van der Waals surface area contributed by atoms with Crippen LogP contribution in [0.25, 0.3) is 22.3 Å². The topological polar surface area (TPSA) is 25.8 Å². The Morgan fingerprint density at radius 2 is 1.85 bits per heavy atom. The van der Waals surface area contributed by atoms with E-state index in [0.29, 0.717) is 27.4 Å². The molecular formula is C16H12ClFN2. The van der Waals surface area contributed by atoms with Gasteiger partial charge in [0.15, 0.2) is 5.82 Å². The number of fused-ring (bicyclic) bond motifs is 1. The van der Waals surface area contributed by atoms with Crippen molar-refractivity contribution < 1.29 is 4.39 Å². The summed E-state index contributed by atoms with van der Waals surface area (Å²) >= 11 is 6.20. The van der Waals surface area contributed by atoms with E-state index in [1.807, 2.05) is 31.2 Å². The van der Waals surface area contributed by atoms with Gasteiger partial charge in [0, 0.05) is 16.5 Å². The Bertz CT molecular complexity index is 815. The summed E-state index contributed by atoms with van der Waals surface area (Å²) in [5.41, 5.74) is 3.03. The number of halogens is 2. The summed E-state index contributed by atoms with van der Waals surface area (Å²) in [6.45, 7) is 3.69. The first-order valence-corrected chi connectivity index (χ1v) is 6.63. The number of rotatable bonds is 1. The predicted molar refractivity (Wildman–Crippen MR) is 79.4 cm³/mol. The zero-order valence-corrected chi connectivity index (χ0v) is 11.9. The first-order chi connectivity index (χ1) is 9.56. The summed E-state index contributed by atoms with van der Waals surface area (Å²) in [7, 11) is 0. The third kappa shape index (κ3) is 2.14.